The minimum Gasteiger partial charge on any atom is -0.384 e. The quantitative estimate of drug-likeness (QED) is 0.762. The number of hydrogen-bond acceptors (Lipinski definition) is 5. The second kappa shape index (κ2) is 4.93. The van der Waals surface area contributed by atoms with Crippen molar-refractivity contribution in [2.75, 3.05) is 31.3 Å². The van der Waals surface area contributed by atoms with Gasteiger partial charge >= 0.3 is 0 Å². The lowest BCUT2D eigenvalue weighted by Crippen LogP contribution is -2.28. The minimum absolute atomic E-state index is 0.0640. The van der Waals surface area contributed by atoms with E-state index in [4.69, 9.17) is 10.5 Å². The van der Waals surface area contributed by atoms with Crippen LogP contribution in [0.3, 0.4) is 0 Å². The zero-order chi connectivity index (χ0) is 11.3. The van der Waals surface area contributed by atoms with Crippen molar-refractivity contribution in [2.45, 2.75) is 13.8 Å². The highest BCUT2D eigenvalue weighted by Gasteiger charge is 2.17. The van der Waals surface area contributed by atoms with Crippen molar-refractivity contribution in [3.05, 3.63) is 12.3 Å². The van der Waals surface area contributed by atoms with Gasteiger partial charge in [-0.15, -0.1) is 0 Å². The fraction of sp³-hybridized carbons (Fsp3) is 0.600. The molecule has 0 radical (unpaired) electrons. The molecule has 5 nitrogen and oxygen atoms in total. The van der Waals surface area contributed by atoms with Crippen LogP contribution >= 0.6 is 0 Å². The predicted octanol–water partition coefficient (Wildman–Crippen LogP) is 1.14. The summed E-state index contributed by atoms with van der Waals surface area (Å²) in [7, 11) is 1.70. The van der Waals surface area contributed by atoms with Gasteiger partial charge in [0, 0.05) is 25.3 Å². The molecule has 0 aliphatic rings. The Labute approximate surface area is 90.1 Å². The summed E-state index contributed by atoms with van der Waals surface area (Å²) in [6.07, 6.45) is 1.63. The summed E-state index contributed by atoms with van der Waals surface area (Å²) < 4.78 is 5.12. The molecule has 0 spiro atoms. The highest BCUT2D eigenvalue weighted by molar-refractivity contribution is 5.37. The maximum absolute atomic E-state index is 5.47. The van der Waals surface area contributed by atoms with Crippen LogP contribution in [-0.4, -0.2) is 30.2 Å². The summed E-state index contributed by atoms with van der Waals surface area (Å²) in [6.45, 7) is 5.71. The van der Waals surface area contributed by atoms with Crippen LogP contribution in [0.25, 0.3) is 0 Å². The lowest BCUT2D eigenvalue weighted by Gasteiger charge is -2.24. The molecule has 0 aliphatic carbocycles. The molecule has 0 amide bonds. The van der Waals surface area contributed by atoms with Crippen LogP contribution in [0.2, 0.25) is 0 Å². The van der Waals surface area contributed by atoms with Gasteiger partial charge in [-0.1, -0.05) is 13.8 Å². The predicted molar refractivity (Wildman–Crippen MR) is 60.6 cm³/mol. The van der Waals surface area contributed by atoms with Gasteiger partial charge < -0.3 is 15.8 Å². The van der Waals surface area contributed by atoms with Crippen LogP contribution in [0.1, 0.15) is 13.8 Å². The van der Waals surface area contributed by atoms with Gasteiger partial charge in [-0.25, -0.2) is 4.98 Å². The second-order valence-electron chi connectivity index (χ2n) is 4.25. The van der Waals surface area contributed by atoms with Crippen LogP contribution in [0.4, 0.5) is 11.8 Å². The molecule has 1 heterocycles. The molecule has 15 heavy (non-hydrogen) atoms. The fourth-order valence-electron chi connectivity index (χ4n) is 1.24. The molecule has 0 aromatic carbocycles. The molecule has 0 saturated heterocycles. The number of nitrogens with zero attached hydrogens (tertiary/aromatic N) is 2. The topological polar surface area (TPSA) is 73.1 Å². The van der Waals surface area contributed by atoms with E-state index in [1.807, 2.05) is 0 Å². The van der Waals surface area contributed by atoms with E-state index in [9.17, 15) is 0 Å². The van der Waals surface area contributed by atoms with E-state index in [1.165, 1.54) is 0 Å². The summed E-state index contributed by atoms with van der Waals surface area (Å²) in [5.41, 5.74) is 5.53. The van der Waals surface area contributed by atoms with E-state index in [0.29, 0.717) is 6.61 Å². The third-order valence-corrected chi connectivity index (χ3v) is 1.96. The van der Waals surface area contributed by atoms with Gasteiger partial charge in [-0.2, -0.15) is 4.98 Å². The van der Waals surface area contributed by atoms with Gasteiger partial charge in [-0.3, -0.25) is 0 Å². The summed E-state index contributed by atoms with van der Waals surface area (Å²) in [6, 6.07) is 1.79. The molecule has 3 N–H and O–H groups in total. The van der Waals surface area contributed by atoms with Gasteiger partial charge in [0.15, 0.2) is 0 Å². The minimum atomic E-state index is 0.0640. The number of anilines is 2. The summed E-state index contributed by atoms with van der Waals surface area (Å²) in [5.74, 6) is 1.02. The third kappa shape index (κ3) is 4.12. The van der Waals surface area contributed by atoms with Gasteiger partial charge in [0.05, 0.1) is 6.61 Å². The largest absolute Gasteiger partial charge is 0.384 e. The van der Waals surface area contributed by atoms with Crippen LogP contribution in [0, 0.1) is 5.41 Å². The lowest BCUT2D eigenvalue weighted by atomic mass is 9.95. The van der Waals surface area contributed by atoms with E-state index in [2.05, 4.69) is 29.1 Å². The molecule has 0 atom stereocenters. The van der Waals surface area contributed by atoms with E-state index >= 15 is 0 Å². The molecule has 0 bridgehead atoms. The zero-order valence-electron chi connectivity index (χ0n) is 9.45. The lowest BCUT2D eigenvalue weighted by molar-refractivity contribution is 0.112. The van der Waals surface area contributed by atoms with Gasteiger partial charge in [0.25, 0.3) is 0 Å². The normalized spacial score (nSPS) is 11.4. The Bertz CT molecular complexity index is 314. The molecular formula is C10H18N4O. The average Bonchev–Trinajstić information content (AvgIpc) is 2.15. The van der Waals surface area contributed by atoms with Crippen molar-refractivity contribution in [1.82, 2.24) is 9.97 Å². The van der Waals surface area contributed by atoms with E-state index in [1.54, 1.807) is 19.4 Å². The number of rotatable bonds is 5. The Morgan fingerprint density at radius 3 is 2.87 bits per heavy atom. The van der Waals surface area contributed by atoms with E-state index < -0.39 is 0 Å². The number of aromatic nitrogens is 2. The first-order valence-electron chi connectivity index (χ1n) is 4.85. The molecule has 1 aromatic rings. The summed E-state index contributed by atoms with van der Waals surface area (Å²) in [4.78, 5) is 7.87. The first-order chi connectivity index (χ1) is 7.03. The molecule has 1 rings (SSSR count). The van der Waals surface area contributed by atoms with Gasteiger partial charge in [0.1, 0.15) is 5.82 Å². The van der Waals surface area contributed by atoms with Crippen LogP contribution in [0.5, 0.6) is 0 Å². The van der Waals surface area contributed by atoms with Crippen molar-refractivity contribution in [2.24, 2.45) is 5.41 Å². The molecule has 84 valence electrons. The zero-order valence-corrected chi connectivity index (χ0v) is 9.45. The first-order valence-corrected chi connectivity index (χ1v) is 4.85. The molecular weight excluding hydrogens is 192 g/mol. The molecule has 1 aromatic heterocycles. The van der Waals surface area contributed by atoms with Crippen molar-refractivity contribution in [1.29, 1.82) is 0 Å². The fourth-order valence-corrected chi connectivity index (χ4v) is 1.24. The van der Waals surface area contributed by atoms with Crippen molar-refractivity contribution < 1.29 is 4.74 Å². The van der Waals surface area contributed by atoms with Crippen molar-refractivity contribution in [3.8, 4) is 0 Å². The average molecular weight is 210 g/mol. The molecule has 0 saturated carbocycles. The van der Waals surface area contributed by atoms with Gasteiger partial charge in [0.2, 0.25) is 5.95 Å². The van der Waals surface area contributed by atoms with Crippen molar-refractivity contribution >= 4 is 11.8 Å². The number of nitrogen functional groups attached to an aromatic ring is 1. The standard InChI is InChI=1S/C10H18N4O/c1-10(2,7-15-3)6-13-8-4-5-12-9(11)14-8/h4-5H,6-7H2,1-3H3,(H3,11,12,13,14). The third-order valence-electron chi connectivity index (χ3n) is 1.96. The Morgan fingerprint density at radius 2 is 2.27 bits per heavy atom. The monoisotopic (exact) mass is 210 g/mol. The number of nitrogens with one attached hydrogen (secondary N) is 1. The Hall–Kier alpha value is -1.36. The van der Waals surface area contributed by atoms with Gasteiger partial charge in [-0.05, 0) is 6.07 Å². The van der Waals surface area contributed by atoms with Crippen LogP contribution < -0.4 is 11.1 Å². The van der Waals surface area contributed by atoms with Crippen LogP contribution in [-0.2, 0) is 4.74 Å². The second-order valence-corrected chi connectivity index (χ2v) is 4.25. The Morgan fingerprint density at radius 1 is 1.53 bits per heavy atom. The number of nitrogens with two attached hydrogens (primary N) is 1. The maximum Gasteiger partial charge on any atom is 0.221 e. The van der Waals surface area contributed by atoms with E-state index in [0.717, 1.165) is 12.4 Å². The summed E-state index contributed by atoms with van der Waals surface area (Å²) in [5, 5.41) is 3.20. The Balaban J connectivity index is 2.49. The maximum atomic E-state index is 5.47. The number of ether oxygens (including phenoxy) is 1. The molecule has 0 unspecified atom stereocenters. The summed E-state index contributed by atoms with van der Waals surface area (Å²) >= 11 is 0. The molecule has 0 fully saturated rings. The van der Waals surface area contributed by atoms with E-state index in [-0.39, 0.29) is 11.4 Å². The Kier molecular flexibility index (Phi) is 3.85. The first kappa shape index (κ1) is 11.7. The number of methoxy groups -OCH3 is 1. The molecule has 5 heteroatoms. The SMILES string of the molecule is COCC(C)(C)CNc1ccnc(N)n1. The number of hydrogen-bond donors (Lipinski definition) is 2. The highest BCUT2D eigenvalue weighted by Crippen LogP contribution is 2.16. The highest BCUT2D eigenvalue weighted by atomic mass is 16.5. The van der Waals surface area contributed by atoms with Crippen molar-refractivity contribution in [3.63, 3.8) is 0 Å². The molecule has 0 aliphatic heterocycles. The van der Waals surface area contributed by atoms with Crippen LogP contribution in [0.15, 0.2) is 12.3 Å². The smallest absolute Gasteiger partial charge is 0.221 e.